The number of hydrogen-bond donors (Lipinski definition) is 0. The number of likely N-dealkylation sites (tertiary alicyclic amines) is 2. The summed E-state index contributed by atoms with van der Waals surface area (Å²) in [4.78, 5) is 30.3. The summed E-state index contributed by atoms with van der Waals surface area (Å²) in [6.07, 6.45) is 2.27. The average Bonchev–Trinajstić information content (AvgIpc) is 2.90. The van der Waals surface area contributed by atoms with E-state index in [9.17, 15) is 14.0 Å². The molecular formula is C29H37FN2O4. The first kappa shape index (κ1) is 26.1. The zero-order valence-electron chi connectivity index (χ0n) is 21.5. The van der Waals surface area contributed by atoms with Gasteiger partial charge in [-0.3, -0.25) is 14.5 Å². The fourth-order valence-corrected chi connectivity index (χ4v) is 5.58. The molecule has 0 aliphatic carbocycles. The zero-order valence-corrected chi connectivity index (χ0v) is 21.5. The number of piperidine rings is 2. The highest BCUT2D eigenvalue weighted by molar-refractivity contribution is 5.81. The molecule has 2 aliphatic rings. The first-order chi connectivity index (χ1) is 17.4. The Kier molecular flexibility index (Phi) is 8.62. The number of esters is 1. The van der Waals surface area contributed by atoms with Crippen LogP contribution in [0.3, 0.4) is 0 Å². The average molecular weight is 497 g/mol. The number of benzene rings is 2. The second-order valence-corrected chi connectivity index (χ2v) is 10.1. The third-order valence-electron chi connectivity index (χ3n) is 7.42. The molecule has 7 heteroatoms. The fraction of sp³-hybridized carbons (Fsp3) is 0.517. The smallest absolute Gasteiger partial charge is 0.310 e. The molecule has 4 rings (SSSR count). The number of nitrogens with zero attached hydrogens (tertiary/aromatic N) is 2. The van der Waals surface area contributed by atoms with Crippen LogP contribution in [0.5, 0.6) is 5.75 Å². The Bertz CT molecular complexity index is 1070. The Balaban J connectivity index is 1.54. The van der Waals surface area contributed by atoms with Gasteiger partial charge in [0, 0.05) is 32.7 Å². The lowest BCUT2D eigenvalue weighted by Crippen LogP contribution is -2.50. The van der Waals surface area contributed by atoms with Crippen LogP contribution in [0.4, 0.5) is 4.39 Å². The molecule has 3 atom stereocenters. The van der Waals surface area contributed by atoms with Crippen LogP contribution in [0.2, 0.25) is 0 Å². The van der Waals surface area contributed by atoms with E-state index in [1.165, 1.54) is 6.07 Å². The molecule has 2 aliphatic heterocycles. The number of methoxy groups -OCH3 is 1. The van der Waals surface area contributed by atoms with Gasteiger partial charge in [-0.1, -0.05) is 24.3 Å². The van der Waals surface area contributed by atoms with Crippen molar-refractivity contribution in [1.82, 2.24) is 9.80 Å². The lowest BCUT2D eigenvalue weighted by molar-refractivity contribution is -0.152. The number of halogens is 1. The number of ether oxygens (including phenoxy) is 2. The Hall–Kier alpha value is -2.93. The van der Waals surface area contributed by atoms with Crippen molar-refractivity contribution in [2.75, 3.05) is 39.9 Å². The molecule has 2 heterocycles. The van der Waals surface area contributed by atoms with Gasteiger partial charge in [0.25, 0.3) is 0 Å². The van der Waals surface area contributed by atoms with Crippen LogP contribution in [0, 0.1) is 24.6 Å². The molecule has 2 saturated heterocycles. The summed E-state index contributed by atoms with van der Waals surface area (Å²) < 4.78 is 24.6. The Morgan fingerprint density at radius 1 is 1.08 bits per heavy atom. The third-order valence-corrected chi connectivity index (χ3v) is 7.42. The van der Waals surface area contributed by atoms with Crippen LogP contribution < -0.4 is 4.74 Å². The molecule has 0 saturated carbocycles. The molecule has 36 heavy (non-hydrogen) atoms. The van der Waals surface area contributed by atoms with Crippen molar-refractivity contribution in [1.29, 1.82) is 0 Å². The van der Waals surface area contributed by atoms with Crippen LogP contribution in [0.15, 0.2) is 42.5 Å². The highest BCUT2D eigenvalue weighted by Gasteiger charge is 2.37. The van der Waals surface area contributed by atoms with Gasteiger partial charge in [0.2, 0.25) is 5.91 Å². The van der Waals surface area contributed by atoms with E-state index >= 15 is 0 Å². The fourth-order valence-electron chi connectivity index (χ4n) is 5.58. The molecule has 0 bridgehead atoms. The molecular weight excluding hydrogens is 459 g/mol. The minimum atomic E-state index is -0.255. The van der Waals surface area contributed by atoms with Gasteiger partial charge in [0.05, 0.1) is 25.6 Å². The number of hydrogen-bond acceptors (Lipinski definition) is 5. The number of aryl methyl sites for hydroxylation is 1. The summed E-state index contributed by atoms with van der Waals surface area (Å²) in [6.45, 7) is 7.16. The van der Waals surface area contributed by atoms with E-state index in [2.05, 4.69) is 11.0 Å². The maximum absolute atomic E-state index is 14.0. The van der Waals surface area contributed by atoms with Crippen LogP contribution in [-0.2, 0) is 20.9 Å². The van der Waals surface area contributed by atoms with E-state index in [0.29, 0.717) is 44.8 Å². The van der Waals surface area contributed by atoms with Crippen LogP contribution in [-0.4, -0.2) is 61.6 Å². The lowest BCUT2D eigenvalue weighted by Gasteiger charge is -2.41. The summed E-state index contributed by atoms with van der Waals surface area (Å²) in [5.41, 5.74) is 2.80. The van der Waals surface area contributed by atoms with Gasteiger partial charge < -0.3 is 14.4 Å². The summed E-state index contributed by atoms with van der Waals surface area (Å²) in [5.74, 6) is 0.148. The van der Waals surface area contributed by atoms with Crippen LogP contribution in [0.1, 0.15) is 48.8 Å². The maximum atomic E-state index is 14.0. The summed E-state index contributed by atoms with van der Waals surface area (Å²) in [5, 5.41) is 0. The minimum absolute atomic E-state index is 0.100. The van der Waals surface area contributed by atoms with Crippen molar-refractivity contribution < 1.29 is 23.5 Å². The van der Waals surface area contributed by atoms with Gasteiger partial charge in [-0.25, -0.2) is 4.39 Å². The van der Waals surface area contributed by atoms with E-state index < -0.39 is 0 Å². The summed E-state index contributed by atoms with van der Waals surface area (Å²) >= 11 is 0. The molecule has 2 fully saturated rings. The first-order valence-electron chi connectivity index (χ1n) is 12.9. The number of rotatable bonds is 7. The van der Waals surface area contributed by atoms with Crippen molar-refractivity contribution >= 4 is 11.9 Å². The Morgan fingerprint density at radius 2 is 1.92 bits per heavy atom. The van der Waals surface area contributed by atoms with Gasteiger partial charge in [0.1, 0.15) is 11.6 Å². The van der Waals surface area contributed by atoms with Gasteiger partial charge in [-0.2, -0.15) is 0 Å². The molecule has 0 spiro atoms. The lowest BCUT2D eigenvalue weighted by atomic mass is 9.82. The zero-order chi connectivity index (χ0) is 25.7. The standard InChI is InChI=1S/C29H37FN2O4/c1-4-36-29(34)23-8-6-12-32(19-23)28(33)25-15-24(22-10-11-27(30)20(2)13-22)17-31(18-25)16-21-7-5-9-26(14-21)35-3/h5,7,9-11,13-14,23-25H,4,6,8,12,15-19H2,1-3H3. The largest absolute Gasteiger partial charge is 0.497 e. The van der Waals surface area contributed by atoms with Gasteiger partial charge in [-0.05, 0) is 73.9 Å². The highest BCUT2D eigenvalue weighted by Crippen LogP contribution is 2.34. The topological polar surface area (TPSA) is 59.1 Å². The Labute approximate surface area is 213 Å². The van der Waals surface area contributed by atoms with Crippen LogP contribution >= 0.6 is 0 Å². The second-order valence-electron chi connectivity index (χ2n) is 10.1. The molecule has 0 N–H and O–H groups in total. The molecule has 6 nitrogen and oxygen atoms in total. The van der Waals surface area contributed by atoms with E-state index in [4.69, 9.17) is 9.47 Å². The van der Waals surface area contributed by atoms with E-state index in [-0.39, 0.29) is 35.4 Å². The normalized spacial score (nSPS) is 22.8. The van der Waals surface area contributed by atoms with Crippen LogP contribution in [0.25, 0.3) is 0 Å². The first-order valence-corrected chi connectivity index (χ1v) is 12.9. The van der Waals surface area contributed by atoms with E-state index in [1.54, 1.807) is 21.0 Å². The Morgan fingerprint density at radius 3 is 2.67 bits per heavy atom. The molecule has 194 valence electrons. The summed E-state index contributed by atoms with van der Waals surface area (Å²) in [6, 6.07) is 13.3. The van der Waals surface area contributed by atoms with Gasteiger partial charge in [-0.15, -0.1) is 0 Å². The highest BCUT2D eigenvalue weighted by atomic mass is 19.1. The summed E-state index contributed by atoms with van der Waals surface area (Å²) in [7, 11) is 1.66. The molecule has 3 unspecified atom stereocenters. The molecule has 0 radical (unpaired) electrons. The van der Waals surface area contributed by atoms with Crippen molar-refractivity contribution in [2.45, 2.75) is 45.6 Å². The van der Waals surface area contributed by atoms with Crippen molar-refractivity contribution in [3.63, 3.8) is 0 Å². The number of amides is 1. The van der Waals surface area contributed by atoms with Gasteiger partial charge >= 0.3 is 5.97 Å². The number of carbonyl (C=O) groups excluding carboxylic acids is 2. The molecule has 2 aromatic carbocycles. The maximum Gasteiger partial charge on any atom is 0.310 e. The third kappa shape index (κ3) is 6.25. The minimum Gasteiger partial charge on any atom is -0.497 e. The van der Waals surface area contributed by atoms with E-state index in [0.717, 1.165) is 36.3 Å². The predicted molar refractivity (Wildman–Crippen MR) is 136 cm³/mol. The molecule has 0 aromatic heterocycles. The number of carbonyl (C=O) groups is 2. The van der Waals surface area contributed by atoms with Gasteiger partial charge in [0.15, 0.2) is 0 Å². The predicted octanol–water partition coefficient (Wildman–Crippen LogP) is 4.55. The van der Waals surface area contributed by atoms with Crippen molar-refractivity contribution in [3.05, 3.63) is 65.0 Å². The quantitative estimate of drug-likeness (QED) is 0.527. The van der Waals surface area contributed by atoms with Crippen molar-refractivity contribution in [3.8, 4) is 5.75 Å². The second kappa shape index (κ2) is 11.9. The molecule has 2 aromatic rings. The van der Waals surface area contributed by atoms with Crippen molar-refractivity contribution in [2.24, 2.45) is 11.8 Å². The SMILES string of the molecule is CCOC(=O)C1CCCN(C(=O)C2CC(c3ccc(F)c(C)c3)CN(Cc3cccc(OC)c3)C2)C1. The molecule has 1 amide bonds. The van der Waals surface area contributed by atoms with E-state index in [1.807, 2.05) is 35.2 Å². The monoisotopic (exact) mass is 496 g/mol.